The normalized spacial score (nSPS) is 12.7. The molecule has 0 aromatic heterocycles. The van der Waals surface area contributed by atoms with Crippen LogP contribution in [0, 0.1) is 0 Å². The average molecular weight is 1080 g/mol. The molecule has 0 aromatic rings. The summed E-state index contributed by atoms with van der Waals surface area (Å²) in [7, 11) is 0. The third kappa shape index (κ3) is 63.1. The minimum atomic E-state index is -0.663. The predicted molar refractivity (Wildman–Crippen MR) is 338 cm³/mol. The molecule has 0 aliphatic rings. The summed E-state index contributed by atoms with van der Waals surface area (Å²) in [6.45, 7) is 4.94. The lowest BCUT2D eigenvalue weighted by atomic mass is 10.0. The topological polar surface area (TPSA) is 95.9 Å². The minimum Gasteiger partial charge on any atom is -0.466 e. The Hall–Kier alpha value is -1.92. The van der Waals surface area contributed by atoms with E-state index in [1.807, 2.05) is 0 Å². The van der Waals surface area contributed by atoms with E-state index in [-0.39, 0.29) is 18.5 Å². The van der Waals surface area contributed by atoms with E-state index in [9.17, 15) is 19.8 Å². The molecule has 6 heteroatoms. The van der Waals surface area contributed by atoms with Gasteiger partial charge >= 0.3 is 5.97 Å². The van der Waals surface area contributed by atoms with Gasteiger partial charge in [0, 0.05) is 12.8 Å². The van der Waals surface area contributed by atoms with E-state index in [0.717, 1.165) is 51.4 Å². The summed E-state index contributed by atoms with van der Waals surface area (Å²) < 4.78 is 5.46. The third-order valence-electron chi connectivity index (χ3n) is 16.2. The Labute approximate surface area is 481 Å². The molecule has 0 fully saturated rings. The largest absolute Gasteiger partial charge is 0.466 e. The Kier molecular flexibility index (Phi) is 64.9. The molecule has 6 nitrogen and oxygen atoms in total. The standard InChI is InChI=1S/C71H135NO5/c1-3-5-7-9-11-13-15-16-17-37-40-44-47-51-55-59-63-69(74)68(67-73)72-70(75)64-60-56-52-48-45-41-38-35-33-31-29-27-25-23-21-19-18-20-22-24-26-28-30-32-34-36-39-42-46-50-54-58-62-66-77-71(76)65-61-57-53-49-43-14-12-10-8-6-4-2/h10,12,22,24,28,30,68-69,73-74H,3-9,11,13-21,23,25-27,29,31-67H2,1-2H3,(H,72,75)/b12-10-,24-22-,30-28-. The van der Waals surface area contributed by atoms with Crippen molar-refractivity contribution in [2.75, 3.05) is 13.2 Å². The Morgan fingerprint density at radius 1 is 0.364 bits per heavy atom. The number of rotatable bonds is 65. The maximum absolute atomic E-state index is 12.5. The van der Waals surface area contributed by atoms with Crippen LogP contribution in [0.15, 0.2) is 36.5 Å². The number of hydrogen-bond donors (Lipinski definition) is 3. The molecule has 2 atom stereocenters. The number of unbranched alkanes of at least 4 members (excludes halogenated alkanes) is 48. The molecule has 0 aliphatic heterocycles. The number of carbonyl (C=O) groups excluding carboxylic acids is 2. The zero-order valence-electron chi connectivity index (χ0n) is 52.0. The van der Waals surface area contributed by atoms with Crippen molar-refractivity contribution in [3.8, 4) is 0 Å². The molecule has 0 aliphatic carbocycles. The highest BCUT2D eigenvalue weighted by Crippen LogP contribution is 2.18. The van der Waals surface area contributed by atoms with Crippen molar-refractivity contribution in [3.63, 3.8) is 0 Å². The first kappa shape index (κ1) is 75.1. The second-order valence-electron chi connectivity index (χ2n) is 23.9. The second kappa shape index (κ2) is 66.6. The second-order valence-corrected chi connectivity index (χ2v) is 23.9. The van der Waals surface area contributed by atoms with Gasteiger partial charge in [0.15, 0.2) is 0 Å². The summed E-state index contributed by atoms with van der Waals surface area (Å²) in [6.07, 6.45) is 84.8. The fourth-order valence-corrected chi connectivity index (χ4v) is 10.8. The van der Waals surface area contributed by atoms with Crippen molar-refractivity contribution < 1.29 is 24.5 Å². The van der Waals surface area contributed by atoms with Gasteiger partial charge in [-0.25, -0.2) is 0 Å². The van der Waals surface area contributed by atoms with E-state index >= 15 is 0 Å². The smallest absolute Gasteiger partial charge is 0.305 e. The fourth-order valence-electron chi connectivity index (χ4n) is 10.8. The zero-order chi connectivity index (χ0) is 55.7. The predicted octanol–water partition coefficient (Wildman–Crippen LogP) is 22.3. The molecule has 0 spiro atoms. The van der Waals surface area contributed by atoms with Gasteiger partial charge in [-0.3, -0.25) is 9.59 Å². The lowest BCUT2D eigenvalue weighted by Crippen LogP contribution is -2.45. The number of aliphatic hydroxyl groups excluding tert-OH is 2. The van der Waals surface area contributed by atoms with E-state index in [4.69, 9.17) is 4.74 Å². The molecule has 3 N–H and O–H groups in total. The van der Waals surface area contributed by atoms with Gasteiger partial charge in [0.2, 0.25) is 5.91 Å². The van der Waals surface area contributed by atoms with Crippen LogP contribution in [0.1, 0.15) is 380 Å². The first-order valence-corrected chi connectivity index (χ1v) is 34.7. The lowest BCUT2D eigenvalue weighted by Gasteiger charge is -2.22. The van der Waals surface area contributed by atoms with Crippen molar-refractivity contribution in [3.05, 3.63) is 36.5 Å². The van der Waals surface area contributed by atoms with Crippen LogP contribution in [0.2, 0.25) is 0 Å². The van der Waals surface area contributed by atoms with Crippen LogP contribution < -0.4 is 5.32 Å². The summed E-state index contributed by atoms with van der Waals surface area (Å²) in [5.41, 5.74) is 0. The minimum absolute atomic E-state index is 0.00322. The maximum Gasteiger partial charge on any atom is 0.305 e. The van der Waals surface area contributed by atoms with Crippen molar-refractivity contribution in [1.82, 2.24) is 5.32 Å². The number of carbonyl (C=O) groups is 2. The molecule has 1 amide bonds. The van der Waals surface area contributed by atoms with Crippen LogP contribution in [0.3, 0.4) is 0 Å². The molecule has 2 unspecified atom stereocenters. The van der Waals surface area contributed by atoms with Gasteiger partial charge in [0.25, 0.3) is 0 Å². The van der Waals surface area contributed by atoms with Gasteiger partial charge in [-0.1, -0.05) is 326 Å². The van der Waals surface area contributed by atoms with E-state index in [2.05, 4.69) is 55.6 Å². The molecular formula is C71H135NO5. The van der Waals surface area contributed by atoms with Crippen LogP contribution in [0.5, 0.6) is 0 Å². The van der Waals surface area contributed by atoms with Gasteiger partial charge in [-0.05, 0) is 77.0 Å². The summed E-state index contributed by atoms with van der Waals surface area (Å²) in [5, 5.41) is 23.3. The Morgan fingerprint density at radius 3 is 1.04 bits per heavy atom. The van der Waals surface area contributed by atoms with Crippen molar-refractivity contribution >= 4 is 11.9 Å². The molecule has 0 bridgehead atoms. The highest BCUT2D eigenvalue weighted by molar-refractivity contribution is 5.76. The summed E-state index contributed by atoms with van der Waals surface area (Å²) in [4.78, 5) is 24.5. The molecule has 454 valence electrons. The highest BCUT2D eigenvalue weighted by atomic mass is 16.5. The highest BCUT2D eigenvalue weighted by Gasteiger charge is 2.20. The molecule has 77 heavy (non-hydrogen) atoms. The molecular weight excluding hydrogens is 947 g/mol. The van der Waals surface area contributed by atoms with Crippen LogP contribution in [0.4, 0.5) is 0 Å². The van der Waals surface area contributed by atoms with Gasteiger partial charge < -0.3 is 20.3 Å². The van der Waals surface area contributed by atoms with Crippen LogP contribution >= 0.6 is 0 Å². The lowest BCUT2D eigenvalue weighted by molar-refractivity contribution is -0.143. The van der Waals surface area contributed by atoms with Crippen LogP contribution in [-0.4, -0.2) is 47.4 Å². The SMILES string of the molecule is CCCC/C=C\CCCCCCCC(=O)OCCCCCCCCCCC/C=C\C/C=C\CCCCCCCCCCCCCCCCCCCC(=O)NC(CO)C(O)CCCCCCCCCCCCCCCCCC. The maximum atomic E-state index is 12.5. The van der Waals surface area contributed by atoms with Crippen molar-refractivity contribution in [2.45, 2.75) is 392 Å². The van der Waals surface area contributed by atoms with E-state index in [1.165, 1.54) is 295 Å². The molecule has 0 saturated carbocycles. The van der Waals surface area contributed by atoms with Gasteiger partial charge in [0.1, 0.15) is 0 Å². The summed E-state index contributed by atoms with van der Waals surface area (Å²) in [5.74, 6) is -0.0270. The molecule has 0 aromatic carbocycles. The monoisotopic (exact) mass is 1080 g/mol. The van der Waals surface area contributed by atoms with E-state index < -0.39 is 12.1 Å². The number of hydrogen-bond acceptors (Lipinski definition) is 5. The average Bonchev–Trinajstić information content (AvgIpc) is 3.43. The number of aliphatic hydroxyl groups is 2. The Morgan fingerprint density at radius 2 is 0.662 bits per heavy atom. The van der Waals surface area contributed by atoms with Gasteiger partial charge in [-0.2, -0.15) is 0 Å². The Balaban J connectivity index is 3.38. The van der Waals surface area contributed by atoms with Gasteiger partial charge in [-0.15, -0.1) is 0 Å². The van der Waals surface area contributed by atoms with Crippen molar-refractivity contribution in [2.24, 2.45) is 0 Å². The molecule has 0 radical (unpaired) electrons. The zero-order valence-corrected chi connectivity index (χ0v) is 52.0. The van der Waals surface area contributed by atoms with E-state index in [0.29, 0.717) is 25.9 Å². The number of amides is 1. The van der Waals surface area contributed by atoms with Crippen molar-refractivity contribution in [1.29, 1.82) is 0 Å². The number of ether oxygens (including phenoxy) is 1. The first-order valence-electron chi connectivity index (χ1n) is 34.7. The molecule has 0 rings (SSSR count). The number of allylic oxidation sites excluding steroid dienone is 6. The van der Waals surface area contributed by atoms with Crippen LogP contribution in [0.25, 0.3) is 0 Å². The number of nitrogens with one attached hydrogen (secondary N) is 1. The molecule has 0 saturated heterocycles. The van der Waals surface area contributed by atoms with E-state index in [1.54, 1.807) is 0 Å². The quantitative estimate of drug-likeness (QED) is 0.0320. The summed E-state index contributed by atoms with van der Waals surface area (Å²) in [6, 6.07) is -0.540. The Bertz CT molecular complexity index is 1250. The first-order chi connectivity index (χ1) is 38.0. The third-order valence-corrected chi connectivity index (χ3v) is 16.2. The number of esters is 1. The summed E-state index contributed by atoms with van der Waals surface area (Å²) >= 11 is 0. The fraction of sp³-hybridized carbons (Fsp3) is 0.887. The van der Waals surface area contributed by atoms with Crippen LogP contribution in [-0.2, 0) is 14.3 Å². The molecule has 0 heterocycles. The van der Waals surface area contributed by atoms with Gasteiger partial charge in [0.05, 0.1) is 25.4 Å².